The molecule has 7 nitrogen and oxygen atoms in total. The summed E-state index contributed by atoms with van der Waals surface area (Å²) in [7, 11) is 0. The number of piperidine rings is 1. The predicted molar refractivity (Wildman–Crippen MR) is 109 cm³/mol. The van der Waals surface area contributed by atoms with Crippen molar-refractivity contribution in [3.05, 3.63) is 47.2 Å². The van der Waals surface area contributed by atoms with Crippen molar-refractivity contribution in [2.75, 3.05) is 6.54 Å². The molecule has 2 aromatic heterocycles. The molecule has 2 aliphatic rings. The molecule has 3 aromatic rings. The molecule has 8 heteroatoms. The second-order valence-corrected chi connectivity index (χ2v) is 9.10. The van der Waals surface area contributed by atoms with E-state index in [-0.39, 0.29) is 29.1 Å². The molecule has 5 rings (SSSR count). The zero-order chi connectivity index (χ0) is 21.0. The molecule has 1 fully saturated rings. The number of fused-ring (bicyclic) bond motifs is 2. The van der Waals surface area contributed by atoms with Crippen molar-refractivity contribution >= 4 is 22.6 Å². The van der Waals surface area contributed by atoms with Gasteiger partial charge >= 0.3 is 0 Å². The third-order valence-electron chi connectivity index (χ3n) is 6.80. The molecule has 2 unspecified atom stereocenters. The molecular formula is C22H24FN5O2. The van der Waals surface area contributed by atoms with Crippen LogP contribution in [0.2, 0.25) is 0 Å². The molecule has 1 saturated heterocycles. The third kappa shape index (κ3) is 2.93. The summed E-state index contributed by atoms with van der Waals surface area (Å²) < 4.78 is 14.4. The maximum Gasteiger partial charge on any atom is 0.254 e. The average molecular weight is 409 g/mol. The molecule has 1 spiro atoms. The van der Waals surface area contributed by atoms with Crippen LogP contribution in [0.4, 0.5) is 4.39 Å². The fraction of sp³-hybridized carbons (Fsp3) is 0.455. The molecule has 2 N–H and O–H groups in total. The average Bonchev–Trinajstić information content (AvgIpc) is 3.36. The zero-order valence-electron chi connectivity index (χ0n) is 17.0. The molecule has 1 aromatic carbocycles. The van der Waals surface area contributed by atoms with Gasteiger partial charge in [-0.15, -0.1) is 0 Å². The standard InChI is InChI=1S/C22H24FN5O2/c1-12(2)17-8-22(7-15-11-25-27-20(15)18(29)9-22)3-4-28(17)21(30)13-5-14-10-24-26-19(14)16(23)6-13/h5-6,10-12,17H,3-4,7-9H2,1-2H3,(H,24,26)(H,25,27). The van der Waals surface area contributed by atoms with Gasteiger partial charge in [-0.3, -0.25) is 19.8 Å². The SMILES string of the molecule is CC(C)C1CC2(CCN1C(=O)c1cc(F)c3[nH]ncc3c1)CC(=O)c1[nH]ncc1C2. The number of carbonyl (C=O) groups is 2. The van der Waals surface area contributed by atoms with Gasteiger partial charge in [0, 0.05) is 35.5 Å². The van der Waals surface area contributed by atoms with Crippen LogP contribution in [0.25, 0.3) is 10.9 Å². The Morgan fingerprint density at radius 1 is 1.23 bits per heavy atom. The van der Waals surface area contributed by atoms with Crippen LogP contribution in [0.15, 0.2) is 24.5 Å². The highest BCUT2D eigenvalue weighted by atomic mass is 19.1. The Morgan fingerprint density at radius 3 is 2.83 bits per heavy atom. The van der Waals surface area contributed by atoms with Gasteiger partial charge in [0.15, 0.2) is 5.78 Å². The van der Waals surface area contributed by atoms with Crippen LogP contribution in [0.1, 0.15) is 59.5 Å². The van der Waals surface area contributed by atoms with Crippen LogP contribution in [0.3, 0.4) is 0 Å². The van der Waals surface area contributed by atoms with Crippen LogP contribution < -0.4 is 0 Å². The first-order valence-corrected chi connectivity index (χ1v) is 10.4. The van der Waals surface area contributed by atoms with Gasteiger partial charge in [-0.25, -0.2) is 4.39 Å². The Hall–Kier alpha value is -3.03. The summed E-state index contributed by atoms with van der Waals surface area (Å²) in [6.45, 7) is 4.74. The van der Waals surface area contributed by atoms with E-state index in [2.05, 4.69) is 34.2 Å². The molecule has 0 saturated carbocycles. The van der Waals surface area contributed by atoms with Gasteiger partial charge in [-0.05, 0) is 42.7 Å². The lowest BCUT2D eigenvalue weighted by molar-refractivity contribution is 0.0177. The van der Waals surface area contributed by atoms with E-state index in [4.69, 9.17) is 0 Å². The first kappa shape index (κ1) is 19.0. The number of nitrogens with one attached hydrogen (secondary N) is 2. The summed E-state index contributed by atoms with van der Waals surface area (Å²) in [5.41, 5.74) is 2.09. The van der Waals surface area contributed by atoms with Gasteiger partial charge in [0.1, 0.15) is 17.0 Å². The number of benzene rings is 1. The molecular weight excluding hydrogens is 385 g/mol. The molecule has 30 heavy (non-hydrogen) atoms. The van der Waals surface area contributed by atoms with Gasteiger partial charge in [0.05, 0.1) is 12.4 Å². The van der Waals surface area contributed by atoms with Gasteiger partial charge < -0.3 is 4.90 Å². The number of H-pyrrole nitrogens is 2. The lowest BCUT2D eigenvalue weighted by Crippen LogP contribution is -2.53. The molecule has 3 heterocycles. The van der Waals surface area contributed by atoms with Crippen molar-refractivity contribution in [3.63, 3.8) is 0 Å². The van der Waals surface area contributed by atoms with Gasteiger partial charge in [0.25, 0.3) is 5.91 Å². The van der Waals surface area contributed by atoms with E-state index < -0.39 is 5.82 Å². The van der Waals surface area contributed by atoms with E-state index in [1.807, 2.05) is 4.90 Å². The highest BCUT2D eigenvalue weighted by Crippen LogP contribution is 2.46. The Morgan fingerprint density at radius 2 is 2.03 bits per heavy atom. The summed E-state index contributed by atoms with van der Waals surface area (Å²) in [4.78, 5) is 27.9. The number of likely N-dealkylation sites (tertiary alicyclic amines) is 1. The van der Waals surface area contributed by atoms with Crippen molar-refractivity contribution in [2.24, 2.45) is 11.3 Å². The highest BCUT2D eigenvalue weighted by molar-refractivity contribution is 5.99. The second kappa shape index (κ2) is 6.75. The number of hydrogen-bond donors (Lipinski definition) is 2. The topological polar surface area (TPSA) is 94.7 Å². The Bertz CT molecular complexity index is 1150. The predicted octanol–water partition coefficient (Wildman–Crippen LogP) is 3.50. The quantitative estimate of drug-likeness (QED) is 0.677. The van der Waals surface area contributed by atoms with Crippen LogP contribution in [0, 0.1) is 17.2 Å². The lowest BCUT2D eigenvalue weighted by Gasteiger charge is -2.49. The second-order valence-electron chi connectivity index (χ2n) is 9.10. The number of amides is 1. The van der Waals surface area contributed by atoms with Crippen LogP contribution in [-0.2, 0) is 6.42 Å². The number of ketones is 1. The van der Waals surface area contributed by atoms with Crippen molar-refractivity contribution in [2.45, 2.75) is 45.6 Å². The fourth-order valence-electron chi connectivity index (χ4n) is 5.23. The molecule has 1 aliphatic heterocycles. The number of aromatic amines is 2. The van der Waals surface area contributed by atoms with Crippen LogP contribution in [0.5, 0.6) is 0 Å². The first-order valence-electron chi connectivity index (χ1n) is 10.4. The molecule has 0 bridgehead atoms. The molecule has 156 valence electrons. The fourth-order valence-corrected chi connectivity index (χ4v) is 5.23. The largest absolute Gasteiger partial charge is 0.335 e. The third-order valence-corrected chi connectivity index (χ3v) is 6.80. The number of carbonyl (C=O) groups excluding carboxylic acids is 2. The lowest BCUT2D eigenvalue weighted by atomic mass is 9.64. The number of rotatable bonds is 2. The van der Waals surface area contributed by atoms with E-state index in [0.29, 0.717) is 35.1 Å². The Balaban J connectivity index is 1.44. The van der Waals surface area contributed by atoms with Gasteiger partial charge in [0.2, 0.25) is 0 Å². The minimum Gasteiger partial charge on any atom is -0.335 e. The van der Waals surface area contributed by atoms with Crippen molar-refractivity contribution in [3.8, 4) is 0 Å². The minimum absolute atomic E-state index is 0.0180. The summed E-state index contributed by atoms with van der Waals surface area (Å²) >= 11 is 0. The van der Waals surface area contributed by atoms with E-state index >= 15 is 0 Å². The van der Waals surface area contributed by atoms with E-state index in [0.717, 1.165) is 24.8 Å². The summed E-state index contributed by atoms with van der Waals surface area (Å²) in [5, 5.41) is 13.9. The van der Waals surface area contributed by atoms with Crippen molar-refractivity contribution in [1.82, 2.24) is 25.3 Å². The van der Waals surface area contributed by atoms with Crippen LogP contribution in [-0.4, -0.2) is 49.6 Å². The van der Waals surface area contributed by atoms with Gasteiger partial charge in [-0.2, -0.15) is 10.2 Å². The summed E-state index contributed by atoms with van der Waals surface area (Å²) in [6, 6.07) is 2.95. The highest BCUT2D eigenvalue weighted by Gasteiger charge is 2.46. The Labute approximate surface area is 173 Å². The first-order chi connectivity index (χ1) is 14.4. The molecule has 1 aliphatic carbocycles. The summed E-state index contributed by atoms with van der Waals surface area (Å²) in [5.74, 6) is -0.331. The van der Waals surface area contributed by atoms with E-state index in [9.17, 15) is 14.0 Å². The smallest absolute Gasteiger partial charge is 0.254 e. The summed E-state index contributed by atoms with van der Waals surface area (Å²) in [6.07, 6.45) is 6.04. The van der Waals surface area contributed by atoms with Crippen molar-refractivity contribution in [1.29, 1.82) is 0 Å². The monoisotopic (exact) mass is 409 g/mol. The number of Topliss-reactive ketones (excluding diaryl/α,β-unsaturated/α-hetero) is 1. The van der Waals surface area contributed by atoms with E-state index in [1.165, 1.54) is 12.3 Å². The normalized spacial score (nSPS) is 24.1. The minimum atomic E-state index is -0.478. The molecule has 1 amide bonds. The Kier molecular flexibility index (Phi) is 4.27. The zero-order valence-corrected chi connectivity index (χ0v) is 17.0. The van der Waals surface area contributed by atoms with Crippen molar-refractivity contribution < 1.29 is 14.0 Å². The van der Waals surface area contributed by atoms with Crippen LogP contribution >= 0.6 is 0 Å². The maximum absolute atomic E-state index is 14.4. The number of hydrogen-bond acceptors (Lipinski definition) is 4. The number of halogens is 1. The molecule has 0 radical (unpaired) electrons. The maximum atomic E-state index is 14.4. The number of aromatic nitrogens is 4. The van der Waals surface area contributed by atoms with E-state index in [1.54, 1.807) is 12.3 Å². The van der Waals surface area contributed by atoms with Gasteiger partial charge in [-0.1, -0.05) is 13.8 Å². The number of nitrogens with zero attached hydrogens (tertiary/aromatic N) is 3. The molecule has 2 atom stereocenters.